The van der Waals surface area contributed by atoms with Crippen molar-refractivity contribution in [3.05, 3.63) is 29.2 Å². The van der Waals surface area contributed by atoms with Gasteiger partial charge in [-0.3, -0.25) is 10.1 Å². The maximum atomic E-state index is 11.0. The molecular weight excluding hydrogens is 220 g/mol. The third-order valence-electron chi connectivity index (χ3n) is 2.78. The Kier molecular flexibility index (Phi) is 1.91. The smallest absolute Gasteiger partial charge is 0.356 e. The van der Waals surface area contributed by atoms with Gasteiger partial charge in [-0.05, 0) is 19.1 Å². The number of fused-ring (bicyclic) bond motifs is 3. The first-order valence-electron chi connectivity index (χ1n) is 5.19. The molecule has 0 spiro atoms. The molecule has 0 radical (unpaired) electrons. The number of aromatic carboxylic acids is 1. The number of nitrogens with one attached hydrogen (secondary N) is 2. The second-order valence-corrected chi connectivity index (χ2v) is 3.93. The van der Waals surface area contributed by atoms with Crippen molar-refractivity contribution in [3.63, 3.8) is 0 Å². The summed E-state index contributed by atoms with van der Waals surface area (Å²) in [6, 6.07) is 3.81. The molecule has 0 aromatic carbocycles. The molecule has 17 heavy (non-hydrogen) atoms. The van der Waals surface area contributed by atoms with Crippen LogP contribution in [0.3, 0.4) is 0 Å². The summed E-state index contributed by atoms with van der Waals surface area (Å²) in [5, 5.41) is 18.6. The van der Waals surface area contributed by atoms with E-state index in [0.717, 1.165) is 17.0 Å². The fourth-order valence-corrected chi connectivity index (χ4v) is 2.00. The fraction of sp³-hybridized carbons (Fsp3) is 0.182. The summed E-state index contributed by atoms with van der Waals surface area (Å²) in [6.45, 7) is 2.44. The molecule has 1 aliphatic rings. The van der Waals surface area contributed by atoms with Crippen molar-refractivity contribution in [2.75, 3.05) is 5.32 Å². The molecule has 6 nitrogen and oxygen atoms in total. The molecule has 0 saturated carbocycles. The lowest BCUT2D eigenvalue weighted by molar-refractivity contribution is 0.0691. The predicted octanol–water partition coefficient (Wildman–Crippen LogP) is 1.40. The quantitative estimate of drug-likeness (QED) is 0.688. The first kappa shape index (κ1) is 9.83. The Morgan fingerprint density at radius 2 is 2.29 bits per heavy atom. The van der Waals surface area contributed by atoms with Gasteiger partial charge in [0.25, 0.3) is 0 Å². The summed E-state index contributed by atoms with van der Waals surface area (Å²) < 4.78 is 0. The number of aromatic nitrogens is 3. The van der Waals surface area contributed by atoms with Crippen molar-refractivity contribution in [1.29, 1.82) is 0 Å². The molecule has 3 rings (SSSR count). The number of carboxylic acid groups (broad SMARTS) is 1. The van der Waals surface area contributed by atoms with E-state index in [-0.39, 0.29) is 5.69 Å². The van der Waals surface area contributed by atoms with Crippen molar-refractivity contribution in [1.82, 2.24) is 15.2 Å². The SMILES string of the molecule is Cc1ccc2c(n1)CNc1c-2n[nH]c1C(=O)O. The molecule has 0 bridgehead atoms. The lowest BCUT2D eigenvalue weighted by Crippen LogP contribution is -2.12. The summed E-state index contributed by atoms with van der Waals surface area (Å²) >= 11 is 0. The Balaban J connectivity index is 2.21. The van der Waals surface area contributed by atoms with Gasteiger partial charge in [-0.15, -0.1) is 0 Å². The Morgan fingerprint density at radius 3 is 3.06 bits per heavy atom. The average molecular weight is 230 g/mol. The van der Waals surface area contributed by atoms with Crippen LogP contribution in [-0.4, -0.2) is 26.3 Å². The largest absolute Gasteiger partial charge is 0.476 e. The molecule has 6 heteroatoms. The highest BCUT2D eigenvalue weighted by molar-refractivity contribution is 5.97. The molecule has 0 amide bonds. The van der Waals surface area contributed by atoms with Crippen molar-refractivity contribution >= 4 is 11.7 Å². The van der Waals surface area contributed by atoms with Gasteiger partial charge in [0.05, 0.1) is 17.9 Å². The summed E-state index contributed by atoms with van der Waals surface area (Å²) in [7, 11) is 0. The van der Waals surface area contributed by atoms with Gasteiger partial charge in [0.1, 0.15) is 5.69 Å². The highest BCUT2D eigenvalue weighted by atomic mass is 16.4. The number of hydrogen-bond donors (Lipinski definition) is 3. The molecule has 0 aliphatic carbocycles. The van der Waals surface area contributed by atoms with Gasteiger partial charge >= 0.3 is 5.97 Å². The second kappa shape index (κ2) is 3.31. The highest BCUT2D eigenvalue weighted by Gasteiger charge is 2.25. The number of aryl methyl sites for hydroxylation is 1. The minimum Gasteiger partial charge on any atom is -0.476 e. The summed E-state index contributed by atoms with van der Waals surface area (Å²) in [4.78, 5) is 15.4. The Morgan fingerprint density at radius 1 is 1.47 bits per heavy atom. The van der Waals surface area contributed by atoms with Crippen LogP contribution in [0.25, 0.3) is 11.3 Å². The van der Waals surface area contributed by atoms with E-state index in [2.05, 4.69) is 20.5 Å². The normalized spacial score (nSPS) is 12.5. The van der Waals surface area contributed by atoms with Crippen molar-refractivity contribution in [2.45, 2.75) is 13.5 Å². The number of aromatic amines is 1. The molecule has 0 atom stereocenters. The summed E-state index contributed by atoms with van der Waals surface area (Å²) in [5.74, 6) is -1.02. The molecule has 1 aliphatic heterocycles. The molecule has 0 saturated heterocycles. The van der Waals surface area contributed by atoms with Gasteiger partial charge in [0, 0.05) is 11.3 Å². The standard InChI is InChI=1S/C11H10N4O2/c1-5-2-3-6-7(13-5)4-12-9-8(6)14-15-10(9)11(16)17/h2-3,12H,4H2,1H3,(H,14,15)(H,16,17). The number of carboxylic acids is 1. The maximum absolute atomic E-state index is 11.0. The van der Waals surface area contributed by atoms with E-state index < -0.39 is 5.97 Å². The fourth-order valence-electron chi connectivity index (χ4n) is 2.00. The number of carbonyl (C=O) groups is 1. The predicted molar refractivity (Wildman–Crippen MR) is 60.8 cm³/mol. The van der Waals surface area contributed by atoms with Crippen LogP contribution >= 0.6 is 0 Å². The number of H-pyrrole nitrogens is 1. The number of hydrogen-bond acceptors (Lipinski definition) is 4. The molecule has 3 heterocycles. The van der Waals surface area contributed by atoms with Crippen LogP contribution in [0.15, 0.2) is 12.1 Å². The van der Waals surface area contributed by atoms with Crippen LogP contribution in [0.5, 0.6) is 0 Å². The van der Waals surface area contributed by atoms with Crippen LogP contribution in [0.2, 0.25) is 0 Å². The van der Waals surface area contributed by atoms with Gasteiger partial charge in [0.15, 0.2) is 5.69 Å². The Labute approximate surface area is 96.7 Å². The maximum Gasteiger partial charge on any atom is 0.356 e. The molecule has 2 aromatic rings. The van der Waals surface area contributed by atoms with Gasteiger partial charge in [0.2, 0.25) is 0 Å². The number of pyridine rings is 1. The zero-order chi connectivity index (χ0) is 12.0. The summed E-state index contributed by atoms with van der Waals surface area (Å²) in [6.07, 6.45) is 0. The topological polar surface area (TPSA) is 90.9 Å². The number of nitrogens with zero attached hydrogens (tertiary/aromatic N) is 2. The van der Waals surface area contributed by atoms with Gasteiger partial charge in [-0.2, -0.15) is 5.10 Å². The van der Waals surface area contributed by atoms with Crippen molar-refractivity contribution < 1.29 is 9.90 Å². The van der Waals surface area contributed by atoms with E-state index in [9.17, 15) is 4.79 Å². The lowest BCUT2D eigenvalue weighted by Gasteiger charge is -2.16. The zero-order valence-corrected chi connectivity index (χ0v) is 9.11. The van der Waals surface area contributed by atoms with Crippen LogP contribution in [0, 0.1) is 6.92 Å². The van der Waals surface area contributed by atoms with Gasteiger partial charge < -0.3 is 10.4 Å². The van der Waals surface area contributed by atoms with E-state index in [1.807, 2.05) is 19.1 Å². The van der Waals surface area contributed by atoms with Crippen LogP contribution in [0.1, 0.15) is 21.9 Å². The third-order valence-corrected chi connectivity index (χ3v) is 2.78. The van der Waals surface area contributed by atoms with Crippen molar-refractivity contribution in [3.8, 4) is 11.3 Å². The van der Waals surface area contributed by atoms with Gasteiger partial charge in [-0.25, -0.2) is 4.79 Å². The number of anilines is 1. The minimum absolute atomic E-state index is 0.0891. The van der Waals surface area contributed by atoms with E-state index in [4.69, 9.17) is 5.11 Å². The molecule has 86 valence electrons. The molecule has 3 N–H and O–H groups in total. The van der Waals surface area contributed by atoms with E-state index in [1.54, 1.807) is 0 Å². The first-order chi connectivity index (χ1) is 8.16. The molecule has 2 aromatic heterocycles. The second-order valence-electron chi connectivity index (χ2n) is 3.93. The third kappa shape index (κ3) is 1.37. The Bertz CT molecular complexity index is 618. The average Bonchev–Trinajstić information content (AvgIpc) is 2.72. The lowest BCUT2D eigenvalue weighted by atomic mass is 10.0. The summed E-state index contributed by atoms with van der Waals surface area (Å²) in [5.41, 5.74) is 3.95. The molecular formula is C11H10N4O2. The van der Waals surface area contributed by atoms with E-state index in [1.165, 1.54) is 0 Å². The highest BCUT2D eigenvalue weighted by Crippen LogP contribution is 2.35. The Hall–Kier alpha value is -2.37. The van der Waals surface area contributed by atoms with E-state index >= 15 is 0 Å². The van der Waals surface area contributed by atoms with Crippen LogP contribution in [-0.2, 0) is 6.54 Å². The molecule has 0 unspecified atom stereocenters. The monoisotopic (exact) mass is 230 g/mol. The zero-order valence-electron chi connectivity index (χ0n) is 9.11. The first-order valence-corrected chi connectivity index (χ1v) is 5.19. The van der Waals surface area contributed by atoms with Crippen LogP contribution < -0.4 is 5.32 Å². The van der Waals surface area contributed by atoms with Crippen molar-refractivity contribution in [2.24, 2.45) is 0 Å². The molecule has 0 fully saturated rings. The van der Waals surface area contributed by atoms with Gasteiger partial charge in [-0.1, -0.05) is 0 Å². The minimum atomic E-state index is -1.02. The van der Waals surface area contributed by atoms with E-state index in [0.29, 0.717) is 17.9 Å². The number of rotatable bonds is 1. The van der Waals surface area contributed by atoms with Crippen LogP contribution in [0.4, 0.5) is 5.69 Å².